The van der Waals surface area contributed by atoms with Gasteiger partial charge < -0.3 is 4.65 Å². The van der Waals surface area contributed by atoms with E-state index in [0.717, 1.165) is 12.4 Å². The van der Waals surface area contributed by atoms with E-state index >= 15 is 0 Å². The van der Waals surface area contributed by atoms with E-state index < -0.39 is 0 Å². The highest BCUT2D eigenvalue weighted by atomic mass is 16.4. The Hall–Kier alpha value is 0.0249. The summed E-state index contributed by atoms with van der Waals surface area (Å²) < 4.78 is 5.60. The molecule has 0 radical (unpaired) electrons. The molecule has 0 aromatic heterocycles. The number of rotatable bonds is 2. The van der Waals surface area contributed by atoms with E-state index in [1.54, 1.807) is 0 Å². The zero-order valence-electron chi connectivity index (χ0n) is 7.10. The average molecular weight is 140 g/mol. The third-order valence-corrected chi connectivity index (χ3v) is 2.41. The smallest absolute Gasteiger partial charge is 0.295 e. The zero-order chi connectivity index (χ0) is 7.40. The molecular weight excluding hydrogens is 123 g/mol. The minimum atomic E-state index is 0.568. The molecule has 0 amide bonds. The lowest BCUT2D eigenvalue weighted by molar-refractivity contribution is 0.323. The molecule has 1 saturated heterocycles. The molecule has 1 aliphatic rings. The van der Waals surface area contributed by atoms with Gasteiger partial charge in [-0.1, -0.05) is 26.2 Å². The van der Waals surface area contributed by atoms with Crippen molar-refractivity contribution in [3.63, 3.8) is 0 Å². The summed E-state index contributed by atoms with van der Waals surface area (Å²) in [5.74, 6) is 0.800. The van der Waals surface area contributed by atoms with Gasteiger partial charge in [-0.25, -0.2) is 0 Å². The van der Waals surface area contributed by atoms with Crippen LogP contribution in [0.3, 0.4) is 0 Å². The third-order valence-electron chi connectivity index (χ3n) is 2.41. The zero-order valence-corrected chi connectivity index (χ0v) is 7.10. The summed E-state index contributed by atoms with van der Waals surface area (Å²) in [6, 6.07) is 0. The van der Waals surface area contributed by atoms with Gasteiger partial charge >= 0.3 is 0 Å². The molecule has 1 nitrogen and oxygen atoms in total. The molecule has 0 saturated carbocycles. The Morgan fingerprint density at radius 2 is 2.30 bits per heavy atom. The van der Waals surface area contributed by atoms with Crippen LogP contribution in [-0.2, 0) is 4.65 Å². The van der Waals surface area contributed by atoms with Gasteiger partial charge in [0.2, 0.25) is 0 Å². The van der Waals surface area contributed by atoms with Crippen LogP contribution >= 0.6 is 0 Å². The highest BCUT2D eigenvalue weighted by Crippen LogP contribution is 2.28. The Kier molecular flexibility index (Phi) is 3.27. The van der Waals surface area contributed by atoms with Crippen LogP contribution in [0.1, 0.15) is 33.1 Å². The van der Waals surface area contributed by atoms with Crippen LogP contribution < -0.4 is 0 Å². The fraction of sp³-hybridized carbons (Fsp3) is 1.00. The van der Waals surface area contributed by atoms with Crippen LogP contribution in [0.25, 0.3) is 0 Å². The molecule has 0 N–H and O–H groups in total. The molecule has 1 heterocycles. The highest BCUT2D eigenvalue weighted by Gasteiger charge is 2.25. The maximum atomic E-state index is 5.60. The highest BCUT2D eigenvalue weighted by molar-refractivity contribution is 6.53. The molecule has 1 fully saturated rings. The van der Waals surface area contributed by atoms with Gasteiger partial charge in [0.15, 0.2) is 0 Å². The summed E-state index contributed by atoms with van der Waals surface area (Å²) in [5, 5.41) is 0. The van der Waals surface area contributed by atoms with Gasteiger partial charge in [-0.05, 0) is 19.1 Å². The van der Waals surface area contributed by atoms with Crippen LogP contribution in [0, 0.1) is 0 Å². The summed E-state index contributed by atoms with van der Waals surface area (Å²) in [6.07, 6.45) is 5.43. The fourth-order valence-corrected chi connectivity index (χ4v) is 1.74. The van der Waals surface area contributed by atoms with Gasteiger partial charge in [0, 0.05) is 6.61 Å². The summed E-state index contributed by atoms with van der Waals surface area (Å²) >= 11 is 0. The minimum absolute atomic E-state index is 0.568. The van der Waals surface area contributed by atoms with Crippen molar-refractivity contribution >= 4 is 6.92 Å². The molecule has 0 aromatic rings. The maximum Gasteiger partial charge on any atom is 0.295 e. The van der Waals surface area contributed by atoms with Crippen LogP contribution in [0.4, 0.5) is 0 Å². The lowest BCUT2D eigenvalue weighted by Gasteiger charge is -2.24. The quantitative estimate of drug-likeness (QED) is 0.535. The Balaban J connectivity index is 2.25. The Labute approximate surface area is 64.3 Å². The summed E-state index contributed by atoms with van der Waals surface area (Å²) in [5.41, 5.74) is 0. The van der Waals surface area contributed by atoms with E-state index in [1.807, 2.05) is 0 Å². The van der Waals surface area contributed by atoms with Gasteiger partial charge in [-0.2, -0.15) is 0 Å². The fourth-order valence-electron chi connectivity index (χ4n) is 1.74. The van der Waals surface area contributed by atoms with Crippen LogP contribution in [0.5, 0.6) is 0 Å². The second-order valence-electron chi connectivity index (χ2n) is 3.26. The first-order valence-electron chi connectivity index (χ1n) is 4.46. The molecule has 1 aliphatic heterocycles. The minimum Gasteiger partial charge on any atom is -0.436 e. The van der Waals surface area contributed by atoms with Crippen molar-refractivity contribution in [3.05, 3.63) is 0 Å². The molecule has 1 rings (SSSR count). The molecule has 1 unspecified atom stereocenters. The molecule has 2 heteroatoms. The lowest BCUT2D eigenvalue weighted by Crippen LogP contribution is -2.26. The van der Waals surface area contributed by atoms with E-state index in [9.17, 15) is 0 Å². The number of hydrogen-bond donors (Lipinski definition) is 0. The molecule has 10 heavy (non-hydrogen) atoms. The molecule has 0 spiro atoms. The Bertz CT molecular complexity index is 93.3. The summed E-state index contributed by atoms with van der Waals surface area (Å²) in [4.78, 5) is 0. The van der Waals surface area contributed by atoms with E-state index in [2.05, 4.69) is 13.8 Å². The first-order chi connectivity index (χ1) is 4.84. The summed E-state index contributed by atoms with van der Waals surface area (Å²) in [6.45, 7) is 5.84. The molecule has 58 valence electrons. The first-order valence-corrected chi connectivity index (χ1v) is 4.46. The molecule has 0 aromatic carbocycles. The monoisotopic (exact) mass is 140 g/mol. The van der Waals surface area contributed by atoms with Crippen molar-refractivity contribution in [1.29, 1.82) is 0 Å². The van der Waals surface area contributed by atoms with Crippen molar-refractivity contribution in [2.24, 2.45) is 0 Å². The van der Waals surface area contributed by atoms with E-state index in [0.29, 0.717) is 6.92 Å². The molecule has 0 aliphatic carbocycles. The van der Waals surface area contributed by atoms with Crippen molar-refractivity contribution in [2.75, 3.05) is 6.61 Å². The average Bonchev–Trinajstić information content (AvgIpc) is 1.94. The van der Waals surface area contributed by atoms with Gasteiger partial charge in [0.05, 0.1) is 0 Å². The van der Waals surface area contributed by atoms with Crippen LogP contribution in [0.15, 0.2) is 0 Å². The topological polar surface area (TPSA) is 9.23 Å². The van der Waals surface area contributed by atoms with Crippen LogP contribution in [0.2, 0.25) is 12.1 Å². The Morgan fingerprint density at radius 3 is 2.90 bits per heavy atom. The predicted molar refractivity (Wildman–Crippen MR) is 45.5 cm³/mol. The van der Waals surface area contributed by atoms with Gasteiger partial charge in [0.25, 0.3) is 6.92 Å². The van der Waals surface area contributed by atoms with Crippen molar-refractivity contribution < 1.29 is 4.65 Å². The van der Waals surface area contributed by atoms with Gasteiger partial charge in [0.1, 0.15) is 0 Å². The van der Waals surface area contributed by atoms with Crippen molar-refractivity contribution in [1.82, 2.24) is 0 Å². The van der Waals surface area contributed by atoms with E-state index in [1.165, 1.54) is 25.6 Å². The van der Waals surface area contributed by atoms with Crippen LogP contribution in [-0.4, -0.2) is 13.5 Å². The van der Waals surface area contributed by atoms with Gasteiger partial charge in [-0.3, -0.25) is 0 Å². The second kappa shape index (κ2) is 4.02. The lowest BCUT2D eigenvalue weighted by atomic mass is 9.49. The molecule has 0 bridgehead atoms. The number of hydrogen-bond acceptors (Lipinski definition) is 1. The predicted octanol–water partition coefficient (Wildman–Crippen LogP) is 2.59. The summed E-state index contributed by atoms with van der Waals surface area (Å²) in [7, 11) is 0. The van der Waals surface area contributed by atoms with Crippen molar-refractivity contribution in [2.45, 2.75) is 45.2 Å². The normalized spacial score (nSPS) is 27.0. The van der Waals surface area contributed by atoms with Crippen molar-refractivity contribution in [3.8, 4) is 0 Å². The van der Waals surface area contributed by atoms with E-state index in [4.69, 9.17) is 4.65 Å². The third kappa shape index (κ3) is 2.01. The molecular formula is C8H17BO. The second-order valence-corrected chi connectivity index (χ2v) is 3.26. The standard InChI is InChI=1S/C8H17BO/c1-3-10-9-7-5-4-6-8(9)2/h8H,3-7H2,1-2H3. The largest absolute Gasteiger partial charge is 0.436 e. The van der Waals surface area contributed by atoms with E-state index in [-0.39, 0.29) is 0 Å². The SMILES string of the molecule is CCOB1CCCCC1C. The Morgan fingerprint density at radius 1 is 1.50 bits per heavy atom. The van der Waals surface area contributed by atoms with Gasteiger partial charge in [-0.15, -0.1) is 0 Å². The first kappa shape index (κ1) is 8.12. The maximum absolute atomic E-state index is 5.60. The molecule has 1 atom stereocenters.